The van der Waals surface area contributed by atoms with Crippen LogP contribution in [-0.4, -0.2) is 34.1 Å². The van der Waals surface area contributed by atoms with Gasteiger partial charge >= 0.3 is 0 Å². The number of hydrogen-bond acceptors (Lipinski definition) is 6. The first-order valence-corrected chi connectivity index (χ1v) is 5.75. The second-order valence-corrected chi connectivity index (χ2v) is 4.12. The minimum Gasteiger partial charge on any atom is -0.505 e. The summed E-state index contributed by atoms with van der Waals surface area (Å²) in [6.07, 6.45) is 3.57. The molecule has 0 fully saturated rings. The van der Waals surface area contributed by atoms with Gasteiger partial charge in [-0.2, -0.15) is 0 Å². The molecule has 1 unspecified atom stereocenters. The molecule has 0 aliphatic rings. The SMILES string of the molecule is Cc1ncc(CO)c(/C=N/OCCC(C)N)c1O. The molecule has 1 heterocycles. The molecule has 1 atom stereocenters. The van der Waals surface area contributed by atoms with Crippen molar-refractivity contribution in [3.63, 3.8) is 0 Å². The maximum Gasteiger partial charge on any atom is 0.146 e. The summed E-state index contributed by atoms with van der Waals surface area (Å²) in [5.41, 5.74) is 6.96. The molecule has 0 saturated carbocycles. The summed E-state index contributed by atoms with van der Waals surface area (Å²) in [5.74, 6) is 0.00101. The van der Waals surface area contributed by atoms with Crippen molar-refractivity contribution in [3.05, 3.63) is 23.0 Å². The zero-order valence-corrected chi connectivity index (χ0v) is 10.6. The molecule has 0 bridgehead atoms. The Labute approximate surface area is 106 Å². The third-order valence-corrected chi connectivity index (χ3v) is 2.45. The van der Waals surface area contributed by atoms with Gasteiger partial charge in [0.15, 0.2) is 0 Å². The average Bonchev–Trinajstić information content (AvgIpc) is 2.33. The lowest BCUT2D eigenvalue weighted by molar-refractivity contribution is 0.139. The Bertz CT molecular complexity index is 419. The summed E-state index contributed by atoms with van der Waals surface area (Å²) < 4.78 is 0. The fourth-order valence-corrected chi connectivity index (χ4v) is 1.30. The summed E-state index contributed by atoms with van der Waals surface area (Å²) in [7, 11) is 0. The molecule has 6 heteroatoms. The Morgan fingerprint density at radius 3 is 2.94 bits per heavy atom. The quantitative estimate of drug-likeness (QED) is 0.393. The van der Waals surface area contributed by atoms with Crippen LogP contribution in [0.2, 0.25) is 0 Å². The first-order valence-electron chi connectivity index (χ1n) is 5.75. The lowest BCUT2D eigenvalue weighted by Gasteiger charge is -2.07. The maximum absolute atomic E-state index is 9.81. The third kappa shape index (κ3) is 3.97. The van der Waals surface area contributed by atoms with Crippen molar-refractivity contribution in [2.75, 3.05) is 6.61 Å². The van der Waals surface area contributed by atoms with Gasteiger partial charge in [0, 0.05) is 23.4 Å². The number of nitrogens with two attached hydrogens (primary N) is 1. The second kappa shape index (κ2) is 6.93. The molecular formula is C12H19N3O3. The van der Waals surface area contributed by atoms with E-state index in [9.17, 15) is 5.11 Å². The van der Waals surface area contributed by atoms with E-state index in [-0.39, 0.29) is 18.4 Å². The van der Waals surface area contributed by atoms with E-state index < -0.39 is 0 Å². The molecule has 0 aromatic carbocycles. The highest BCUT2D eigenvalue weighted by Gasteiger charge is 2.09. The monoisotopic (exact) mass is 253 g/mol. The number of aryl methyl sites for hydroxylation is 1. The molecule has 1 aromatic heterocycles. The third-order valence-electron chi connectivity index (χ3n) is 2.45. The summed E-state index contributed by atoms with van der Waals surface area (Å²) >= 11 is 0. The molecule has 0 aliphatic carbocycles. The molecule has 0 amide bonds. The van der Waals surface area contributed by atoms with Gasteiger partial charge in [-0.1, -0.05) is 5.16 Å². The van der Waals surface area contributed by atoms with Crippen LogP contribution in [0.1, 0.15) is 30.2 Å². The molecule has 6 nitrogen and oxygen atoms in total. The van der Waals surface area contributed by atoms with Crippen molar-refractivity contribution in [1.29, 1.82) is 0 Å². The summed E-state index contributed by atoms with van der Waals surface area (Å²) in [6.45, 7) is 3.75. The molecule has 0 radical (unpaired) electrons. The van der Waals surface area contributed by atoms with Gasteiger partial charge in [-0.25, -0.2) is 0 Å². The zero-order chi connectivity index (χ0) is 13.5. The highest BCUT2D eigenvalue weighted by atomic mass is 16.6. The van der Waals surface area contributed by atoms with E-state index in [0.29, 0.717) is 29.8 Å². The van der Waals surface area contributed by atoms with Gasteiger partial charge in [0.2, 0.25) is 0 Å². The van der Waals surface area contributed by atoms with E-state index in [4.69, 9.17) is 15.7 Å². The fourth-order valence-electron chi connectivity index (χ4n) is 1.30. The minimum atomic E-state index is -0.220. The summed E-state index contributed by atoms with van der Waals surface area (Å²) in [6, 6.07) is 0.0600. The molecule has 0 aliphatic heterocycles. The summed E-state index contributed by atoms with van der Waals surface area (Å²) in [5, 5.41) is 22.7. The fraction of sp³-hybridized carbons (Fsp3) is 0.500. The van der Waals surface area contributed by atoms with E-state index in [1.54, 1.807) is 6.92 Å². The first-order chi connectivity index (χ1) is 8.56. The minimum absolute atomic E-state index is 0.00101. The smallest absolute Gasteiger partial charge is 0.146 e. The summed E-state index contributed by atoms with van der Waals surface area (Å²) in [4.78, 5) is 8.97. The van der Waals surface area contributed by atoms with Crippen molar-refractivity contribution in [3.8, 4) is 5.75 Å². The Kier molecular flexibility index (Phi) is 5.54. The maximum atomic E-state index is 9.81. The Morgan fingerprint density at radius 1 is 1.61 bits per heavy atom. The van der Waals surface area contributed by atoms with Gasteiger partial charge in [-0.15, -0.1) is 0 Å². The van der Waals surface area contributed by atoms with Gasteiger partial charge in [0.25, 0.3) is 0 Å². The van der Waals surface area contributed by atoms with E-state index in [1.807, 2.05) is 6.92 Å². The number of aromatic hydroxyl groups is 1. The molecule has 1 aromatic rings. The number of oxime groups is 1. The van der Waals surface area contributed by atoms with Crippen LogP contribution in [0.5, 0.6) is 5.75 Å². The number of hydrogen-bond donors (Lipinski definition) is 3. The van der Waals surface area contributed by atoms with Crippen molar-refractivity contribution in [2.24, 2.45) is 10.9 Å². The molecule has 18 heavy (non-hydrogen) atoms. The highest BCUT2D eigenvalue weighted by Crippen LogP contribution is 2.21. The van der Waals surface area contributed by atoms with Crippen molar-refractivity contribution < 1.29 is 15.1 Å². The topological polar surface area (TPSA) is 101 Å². The van der Waals surface area contributed by atoms with Crippen LogP contribution in [-0.2, 0) is 11.4 Å². The average molecular weight is 253 g/mol. The molecule has 100 valence electrons. The normalized spacial score (nSPS) is 12.9. The molecular weight excluding hydrogens is 234 g/mol. The predicted molar refractivity (Wildman–Crippen MR) is 68.4 cm³/mol. The van der Waals surface area contributed by atoms with Crippen LogP contribution in [0.4, 0.5) is 0 Å². The Balaban J connectivity index is 2.71. The van der Waals surface area contributed by atoms with Crippen LogP contribution in [0, 0.1) is 6.92 Å². The molecule has 1 rings (SSSR count). The number of aliphatic hydroxyl groups excluding tert-OH is 1. The lowest BCUT2D eigenvalue weighted by Crippen LogP contribution is -2.16. The lowest BCUT2D eigenvalue weighted by atomic mass is 10.1. The molecule has 4 N–H and O–H groups in total. The second-order valence-electron chi connectivity index (χ2n) is 4.12. The highest BCUT2D eigenvalue weighted by molar-refractivity contribution is 5.85. The number of nitrogens with zero attached hydrogens (tertiary/aromatic N) is 2. The Hall–Kier alpha value is -1.66. The van der Waals surface area contributed by atoms with Crippen molar-refractivity contribution in [1.82, 2.24) is 4.98 Å². The standard InChI is InChI=1S/C12H19N3O3/c1-8(13)3-4-18-15-6-11-10(7-16)5-14-9(2)12(11)17/h5-6,8,16-17H,3-4,7,13H2,1-2H3/b15-6+. The zero-order valence-electron chi connectivity index (χ0n) is 10.6. The predicted octanol–water partition coefficient (Wildman–Crippen LogP) is 0.676. The molecule has 0 spiro atoms. The number of aromatic nitrogens is 1. The van der Waals surface area contributed by atoms with Gasteiger partial charge in [0.1, 0.15) is 12.4 Å². The van der Waals surface area contributed by atoms with Crippen LogP contribution in [0.25, 0.3) is 0 Å². The van der Waals surface area contributed by atoms with Crippen LogP contribution >= 0.6 is 0 Å². The van der Waals surface area contributed by atoms with E-state index >= 15 is 0 Å². The largest absolute Gasteiger partial charge is 0.505 e. The van der Waals surface area contributed by atoms with Gasteiger partial charge in [-0.05, 0) is 20.3 Å². The number of pyridine rings is 1. The molecule has 0 saturated heterocycles. The van der Waals surface area contributed by atoms with E-state index in [0.717, 1.165) is 0 Å². The van der Waals surface area contributed by atoms with Gasteiger partial charge in [-0.3, -0.25) is 4.98 Å². The number of aliphatic hydroxyl groups is 1. The van der Waals surface area contributed by atoms with Crippen LogP contribution < -0.4 is 5.73 Å². The van der Waals surface area contributed by atoms with Crippen LogP contribution in [0.15, 0.2) is 11.4 Å². The van der Waals surface area contributed by atoms with Gasteiger partial charge in [0.05, 0.1) is 18.5 Å². The van der Waals surface area contributed by atoms with Crippen molar-refractivity contribution >= 4 is 6.21 Å². The number of rotatable bonds is 6. The Morgan fingerprint density at radius 2 is 2.33 bits per heavy atom. The van der Waals surface area contributed by atoms with E-state index in [2.05, 4.69) is 10.1 Å². The van der Waals surface area contributed by atoms with Gasteiger partial charge < -0.3 is 20.8 Å². The van der Waals surface area contributed by atoms with Crippen molar-refractivity contribution in [2.45, 2.75) is 32.9 Å². The first kappa shape index (κ1) is 14.4. The van der Waals surface area contributed by atoms with E-state index in [1.165, 1.54) is 12.4 Å². The van der Waals surface area contributed by atoms with Crippen LogP contribution in [0.3, 0.4) is 0 Å².